The fourth-order valence-electron chi connectivity index (χ4n) is 2.48. The van der Waals surface area contributed by atoms with Gasteiger partial charge in [-0.2, -0.15) is 5.26 Å². The van der Waals surface area contributed by atoms with E-state index in [4.69, 9.17) is 21.6 Å². The van der Waals surface area contributed by atoms with Gasteiger partial charge >= 0.3 is 0 Å². The van der Waals surface area contributed by atoms with E-state index in [2.05, 4.69) is 15.6 Å². The third-order valence-corrected chi connectivity index (χ3v) is 4.19. The lowest BCUT2D eigenvalue weighted by Crippen LogP contribution is -2.41. The summed E-state index contributed by atoms with van der Waals surface area (Å²) in [7, 11) is 1.96. The number of guanidine groups is 1. The topological polar surface area (TPSA) is 72.7 Å². The van der Waals surface area contributed by atoms with Crippen molar-refractivity contribution in [2.24, 2.45) is 4.99 Å². The van der Waals surface area contributed by atoms with Gasteiger partial charge in [0.1, 0.15) is 5.75 Å². The van der Waals surface area contributed by atoms with Crippen molar-refractivity contribution in [2.75, 3.05) is 20.2 Å². The van der Waals surface area contributed by atoms with Gasteiger partial charge in [-0.3, -0.25) is 10.3 Å². The average Bonchev–Trinajstić information content (AvgIpc) is 2.67. The molecule has 7 heteroatoms. The van der Waals surface area contributed by atoms with Crippen molar-refractivity contribution in [3.05, 3.63) is 53.8 Å². The van der Waals surface area contributed by atoms with E-state index in [-0.39, 0.29) is 6.04 Å². The summed E-state index contributed by atoms with van der Waals surface area (Å²) < 4.78 is 5.67. The maximum atomic E-state index is 8.87. The summed E-state index contributed by atoms with van der Waals surface area (Å²) in [4.78, 5) is 6.41. The molecule has 0 amide bonds. The molecule has 0 aromatic heterocycles. The molecule has 0 saturated heterocycles. The standard InChI is InChI=1S/C20H26ClN5O/c1-26-13-10-18(11-14-26)25-20(24-16-22)23-12-4-2-3-5-15-27-19-8-6-17(21)7-9-19/h6-11,13-14,18H,2-5,12,15H2,1H3,(H2,23,24,25). The molecule has 144 valence electrons. The van der Waals surface area contributed by atoms with Gasteiger partial charge in [0.2, 0.25) is 5.96 Å². The number of unbranched alkanes of at least 4 members (excludes halogenated alkanes) is 3. The number of nitrogens with one attached hydrogen (secondary N) is 2. The number of rotatable bonds is 9. The first-order valence-corrected chi connectivity index (χ1v) is 9.48. The van der Waals surface area contributed by atoms with Crippen LogP contribution < -0.4 is 15.4 Å². The zero-order valence-corrected chi connectivity index (χ0v) is 16.3. The number of aliphatic imine (C=N–C) groups is 1. The molecule has 1 aliphatic rings. The van der Waals surface area contributed by atoms with Crippen LogP contribution in [0.4, 0.5) is 0 Å². The van der Waals surface area contributed by atoms with E-state index in [1.54, 1.807) is 0 Å². The number of nitrogens with zero attached hydrogens (tertiary/aromatic N) is 3. The zero-order chi connectivity index (χ0) is 19.3. The van der Waals surface area contributed by atoms with Crippen LogP contribution in [0, 0.1) is 11.5 Å². The molecule has 2 rings (SSSR count). The molecule has 27 heavy (non-hydrogen) atoms. The van der Waals surface area contributed by atoms with Gasteiger partial charge in [-0.1, -0.05) is 18.0 Å². The van der Waals surface area contributed by atoms with Crippen molar-refractivity contribution in [3.63, 3.8) is 0 Å². The quantitative estimate of drug-likeness (QED) is 0.222. The predicted octanol–water partition coefficient (Wildman–Crippen LogP) is 3.64. The Labute approximate surface area is 166 Å². The molecular weight excluding hydrogens is 362 g/mol. The largest absolute Gasteiger partial charge is 0.494 e. The molecule has 0 bridgehead atoms. The molecule has 0 unspecified atom stereocenters. The first-order chi connectivity index (χ1) is 13.2. The van der Waals surface area contributed by atoms with Crippen LogP contribution >= 0.6 is 11.6 Å². The summed E-state index contributed by atoms with van der Waals surface area (Å²) in [6, 6.07) is 7.44. The second kappa shape index (κ2) is 11.9. The Morgan fingerprint density at radius 2 is 1.89 bits per heavy atom. The van der Waals surface area contributed by atoms with Gasteiger partial charge < -0.3 is 15.0 Å². The molecule has 0 spiro atoms. The maximum absolute atomic E-state index is 8.87. The highest BCUT2D eigenvalue weighted by Crippen LogP contribution is 2.15. The fourth-order valence-corrected chi connectivity index (χ4v) is 2.60. The Hall–Kier alpha value is -2.65. The number of nitriles is 1. The van der Waals surface area contributed by atoms with Crippen molar-refractivity contribution < 1.29 is 4.74 Å². The monoisotopic (exact) mass is 387 g/mol. The van der Waals surface area contributed by atoms with Crippen molar-refractivity contribution in [1.82, 2.24) is 15.5 Å². The minimum atomic E-state index is 0.0332. The van der Waals surface area contributed by atoms with E-state index >= 15 is 0 Å². The van der Waals surface area contributed by atoms with Crippen LogP contribution in [-0.2, 0) is 0 Å². The van der Waals surface area contributed by atoms with Gasteiger partial charge in [-0.05, 0) is 55.7 Å². The summed E-state index contributed by atoms with van der Waals surface area (Å²) in [6.07, 6.45) is 14.0. The number of hydrogen-bond donors (Lipinski definition) is 2. The Balaban J connectivity index is 1.58. The van der Waals surface area contributed by atoms with Crippen molar-refractivity contribution in [2.45, 2.75) is 31.7 Å². The van der Waals surface area contributed by atoms with Crippen molar-refractivity contribution >= 4 is 17.6 Å². The van der Waals surface area contributed by atoms with Crippen molar-refractivity contribution in [1.29, 1.82) is 5.26 Å². The van der Waals surface area contributed by atoms with E-state index in [9.17, 15) is 0 Å². The highest BCUT2D eigenvalue weighted by atomic mass is 35.5. The Morgan fingerprint density at radius 1 is 1.19 bits per heavy atom. The summed E-state index contributed by atoms with van der Waals surface area (Å²) in [5.41, 5.74) is 0. The Kier molecular flexibility index (Phi) is 9.08. The lowest BCUT2D eigenvalue weighted by molar-refractivity contribution is 0.305. The normalized spacial score (nSPS) is 14.1. The number of halogens is 1. The molecular formula is C20H26ClN5O. The minimum Gasteiger partial charge on any atom is -0.494 e. The highest BCUT2D eigenvalue weighted by Gasteiger charge is 2.07. The second-order valence-corrected chi connectivity index (χ2v) is 6.64. The van der Waals surface area contributed by atoms with E-state index in [0.717, 1.165) is 31.4 Å². The SMILES string of the molecule is CN1C=CC(NC(=NCCCCCCOc2ccc(Cl)cc2)NC#N)C=C1. The molecule has 1 aliphatic heterocycles. The lowest BCUT2D eigenvalue weighted by atomic mass is 10.2. The van der Waals surface area contributed by atoms with Gasteiger partial charge in [0.05, 0.1) is 12.6 Å². The summed E-state index contributed by atoms with van der Waals surface area (Å²) in [5, 5.41) is 15.4. The molecule has 1 heterocycles. The van der Waals surface area contributed by atoms with Crippen LogP contribution in [0.3, 0.4) is 0 Å². The molecule has 1 aromatic rings. The summed E-state index contributed by atoms with van der Waals surface area (Å²) in [5.74, 6) is 1.35. The molecule has 0 aliphatic carbocycles. The van der Waals surface area contributed by atoms with Gasteiger partial charge in [0.25, 0.3) is 0 Å². The van der Waals surface area contributed by atoms with Crippen LogP contribution in [0.25, 0.3) is 0 Å². The Bertz CT molecular complexity index is 679. The van der Waals surface area contributed by atoms with E-state index in [1.165, 1.54) is 0 Å². The van der Waals surface area contributed by atoms with Crippen LogP contribution in [0.15, 0.2) is 53.8 Å². The van der Waals surface area contributed by atoms with Crippen LogP contribution in [-0.4, -0.2) is 37.1 Å². The van der Waals surface area contributed by atoms with E-state index in [0.29, 0.717) is 24.1 Å². The summed E-state index contributed by atoms with van der Waals surface area (Å²) >= 11 is 5.84. The number of ether oxygens (including phenoxy) is 1. The Morgan fingerprint density at radius 3 is 2.59 bits per heavy atom. The molecule has 1 aromatic carbocycles. The highest BCUT2D eigenvalue weighted by molar-refractivity contribution is 6.30. The predicted molar refractivity (Wildman–Crippen MR) is 109 cm³/mol. The zero-order valence-electron chi connectivity index (χ0n) is 15.6. The third-order valence-electron chi connectivity index (χ3n) is 3.94. The molecule has 0 saturated carbocycles. The molecule has 0 fully saturated rings. The minimum absolute atomic E-state index is 0.0332. The molecule has 0 radical (unpaired) electrons. The van der Waals surface area contributed by atoms with Gasteiger partial charge in [0.15, 0.2) is 6.19 Å². The van der Waals surface area contributed by atoms with Gasteiger partial charge in [0, 0.05) is 31.0 Å². The van der Waals surface area contributed by atoms with Crippen LogP contribution in [0.5, 0.6) is 5.75 Å². The van der Waals surface area contributed by atoms with Crippen LogP contribution in [0.1, 0.15) is 25.7 Å². The van der Waals surface area contributed by atoms with Gasteiger partial charge in [-0.15, -0.1) is 0 Å². The maximum Gasteiger partial charge on any atom is 0.205 e. The van der Waals surface area contributed by atoms with Crippen molar-refractivity contribution in [3.8, 4) is 11.9 Å². The third kappa shape index (κ3) is 8.52. The van der Waals surface area contributed by atoms with Gasteiger partial charge in [-0.25, -0.2) is 0 Å². The second-order valence-electron chi connectivity index (χ2n) is 6.20. The molecule has 6 nitrogen and oxygen atoms in total. The van der Waals surface area contributed by atoms with E-state index in [1.807, 2.05) is 67.0 Å². The fraction of sp³-hybridized carbons (Fsp3) is 0.400. The molecule has 2 N–H and O–H groups in total. The lowest BCUT2D eigenvalue weighted by Gasteiger charge is -2.19. The average molecular weight is 388 g/mol. The van der Waals surface area contributed by atoms with E-state index < -0.39 is 0 Å². The number of hydrogen-bond acceptors (Lipinski definition) is 4. The first-order valence-electron chi connectivity index (χ1n) is 9.10. The number of benzene rings is 1. The van der Waals surface area contributed by atoms with Crippen LogP contribution in [0.2, 0.25) is 5.02 Å². The first kappa shape index (κ1) is 20.7. The smallest absolute Gasteiger partial charge is 0.205 e. The molecule has 0 atom stereocenters. The summed E-state index contributed by atoms with van der Waals surface area (Å²) in [6.45, 7) is 1.37.